The molecular formula is C14H19NO5. The van der Waals surface area contributed by atoms with Crippen molar-refractivity contribution < 1.29 is 24.2 Å². The summed E-state index contributed by atoms with van der Waals surface area (Å²) in [6.07, 6.45) is 0.288. The molecule has 2 N–H and O–H groups in total. The van der Waals surface area contributed by atoms with E-state index in [-0.39, 0.29) is 13.0 Å². The molecule has 0 heterocycles. The van der Waals surface area contributed by atoms with Crippen LogP contribution in [0.3, 0.4) is 0 Å². The van der Waals surface area contributed by atoms with Gasteiger partial charge in [0.2, 0.25) is 0 Å². The van der Waals surface area contributed by atoms with Gasteiger partial charge in [0.1, 0.15) is 17.0 Å². The fourth-order valence-electron chi connectivity index (χ4n) is 1.46. The second kappa shape index (κ2) is 6.79. The van der Waals surface area contributed by atoms with Crippen LogP contribution < -0.4 is 14.8 Å². The molecule has 1 aromatic carbocycles. The number of ether oxygens (including phenoxy) is 2. The molecule has 0 aromatic heterocycles. The zero-order valence-corrected chi connectivity index (χ0v) is 11.8. The minimum absolute atomic E-state index is 0.241. The number of aliphatic carboxylic acids is 1. The van der Waals surface area contributed by atoms with Crippen molar-refractivity contribution in [2.75, 3.05) is 13.7 Å². The molecule has 0 aliphatic carbocycles. The third kappa shape index (κ3) is 4.15. The average Bonchev–Trinajstić information content (AvgIpc) is 2.45. The van der Waals surface area contributed by atoms with E-state index in [0.717, 1.165) is 0 Å². The molecule has 0 aliphatic rings. The largest absolute Gasteiger partial charge is 0.497 e. The number of carboxylic acids is 1. The number of rotatable bonds is 7. The summed E-state index contributed by atoms with van der Waals surface area (Å²) in [5, 5.41) is 11.5. The second-order valence-electron chi connectivity index (χ2n) is 4.50. The molecule has 6 nitrogen and oxygen atoms in total. The fourth-order valence-corrected chi connectivity index (χ4v) is 1.46. The number of hydrogen-bond donors (Lipinski definition) is 2. The van der Waals surface area contributed by atoms with Gasteiger partial charge in [0.05, 0.1) is 7.11 Å². The Kier molecular flexibility index (Phi) is 5.37. The van der Waals surface area contributed by atoms with E-state index >= 15 is 0 Å². The molecule has 20 heavy (non-hydrogen) atoms. The number of carboxylic acid groups (broad SMARTS) is 1. The highest BCUT2D eigenvalue weighted by Gasteiger charge is 2.32. The summed E-state index contributed by atoms with van der Waals surface area (Å²) in [7, 11) is 1.56. The van der Waals surface area contributed by atoms with Crippen molar-refractivity contribution in [1.29, 1.82) is 0 Å². The van der Waals surface area contributed by atoms with Gasteiger partial charge < -0.3 is 19.9 Å². The minimum atomic E-state index is -1.28. The van der Waals surface area contributed by atoms with Gasteiger partial charge in [-0.1, -0.05) is 6.92 Å². The lowest BCUT2D eigenvalue weighted by Crippen LogP contribution is -2.53. The van der Waals surface area contributed by atoms with E-state index in [2.05, 4.69) is 5.32 Å². The van der Waals surface area contributed by atoms with Gasteiger partial charge in [-0.3, -0.25) is 4.79 Å². The van der Waals surface area contributed by atoms with Crippen LogP contribution in [-0.4, -0.2) is 36.2 Å². The molecule has 0 saturated carbocycles. The Hall–Kier alpha value is -2.24. The minimum Gasteiger partial charge on any atom is -0.497 e. The Morgan fingerprint density at radius 1 is 1.25 bits per heavy atom. The third-order valence-corrected chi connectivity index (χ3v) is 3.02. The number of benzene rings is 1. The first-order valence-corrected chi connectivity index (χ1v) is 6.22. The van der Waals surface area contributed by atoms with E-state index in [1.54, 1.807) is 38.3 Å². The smallest absolute Gasteiger partial charge is 0.329 e. The van der Waals surface area contributed by atoms with Crippen molar-refractivity contribution in [3.05, 3.63) is 24.3 Å². The summed E-state index contributed by atoms with van der Waals surface area (Å²) in [4.78, 5) is 22.8. The predicted octanol–water partition coefficient (Wildman–Crippen LogP) is 1.44. The first kappa shape index (κ1) is 15.8. The maximum atomic E-state index is 11.7. The van der Waals surface area contributed by atoms with Crippen LogP contribution in [0.2, 0.25) is 0 Å². The molecule has 110 valence electrons. The number of amides is 1. The zero-order valence-electron chi connectivity index (χ0n) is 11.8. The van der Waals surface area contributed by atoms with Crippen molar-refractivity contribution in [1.82, 2.24) is 5.32 Å². The molecule has 1 amide bonds. The molecule has 0 saturated heterocycles. The molecule has 0 radical (unpaired) electrons. The molecule has 1 rings (SSSR count). The predicted molar refractivity (Wildman–Crippen MR) is 73.0 cm³/mol. The van der Waals surface area contributed by atoms with Crippen molar-refractivity contribution in [3.63, 3.8) is 0 Å². The van der Waals surface area contributed by atoms with Gasteiger partial charge in [-0.05, 0) is 37.6 Å². The summed E-state index contributed by atoms with van der Waals surface area (Å²) < 4.78 is 10.3. The van der Waals surface area contributed by atoms with Crippen LogP contribution in [-0.2, 0) is 9.59 Å². The van der Waals surface area contributed by atoms with Gasteiger partial charge in [-0.25, -0.2) is 4.79 Å². The zero-order chi connectivity index (χ0) is 15.2. The third-order valence-electron chi connectivity index (χ3n) is 3.02. The molecule has 1 atom stereocenters. The number of carbonyl (C=O) groups is 2. The number of carbonyl (C=O) groups excluding carboxylic acids is 1. The van der Waals surface area contributed by atoms with Crippen molar-refractivity contribution >= 4 is 11.9 Å². The molecule has 6 heteroatoms. The van der Waals surface area contributed by atoms with Crippen LogP contribution >= 0.6 is 0 Å². The second-order valence-corrected chi connectivity index (χ2v) is 4.50. The Morgan fingerprint density at radius 2 is 1.80 bits per heavy atom. The van der Waals surface area contributed by atoms with Crippen LogP contribution in [0.5, 0.6) is 11.5 Å². The summed E-state index contributed by atoms with van der Waals surface area (Å²) in [5.41, 5.74) is -1.28. The molecule has 1 unspecified atom stereocenters. The molecule has 0 bridgehead atoms. The highest BCUT2D eigenvalue weighted by atomic mass is 16.5. The van der Waals surface area contributed by atoms with E-state index in [0.29, 0.717) is 11.5 Å². The van der Waals surface area contributed by atoms with Crippen LogP contribution in [0.1, 0.15) is 20.3 Å². The summed E-state index contributed by atoms with van der Waals surface area (Å²) in [6, 6.07) is 6.76. The fraction of sp³-hybridized carbons (Fsp3) is 0.429. The summed E-state index contributed by atoms with van der Waals surface area (Å²) in [5.74, 6) is -0.355. The highest BCUT2D eigenvalue weighted by Crippen LogP contribution is 2.17. The maximum Gasteiger partial charge on any atom is 0.329 e. The monoisotopic (exact) mass is 281 g/mol. The van der Waals surface area contributed by atoms with Crippen LogP contribution in [0, 0.1) is 0 Å². The lowest BCUT2D eigenvalue weighted by molar-refractivity contribution is -0.147. The van der Waals surface area contributed by atoms with Gasteiger partial charge in [0, 0.05) is 0 Å². The van der Waals surface area contributed by atoms with Gasteiger partial charge >= 0.3 is 5.97 Å². The first-order chi connectivity index (χ1) is 9.41. The van der Waals surface area contributed by atoms with E-state index in [9.17, 15) is 9.59 Å². The van der Waals surface area contributed by atoms with E-state index < -0.39 is 17.4 Å². The summed E-state index contributed by atoms with van der Waals surface area (Å²) in [6.45, 7) is 2.91. The van der Waals surface area contributed by atoms with E-state index in [1.807, 2.05) is 0 Å². The Balaban J connectivity index is 2.52. The molecular weight excluding hydrogens is 262 g/mol. The average molecular weight is 281 g/mol. The number of nitrogens with one attached hydrogen (secondary N) is 1. The molecule has 0 fully saturated rings. The van der Waals surface area contributed by atoms with Crippen molar-refractivity contribution in [2.24, 2.45) is 0 Å². The maximum absolute atomic E-state index is 11.7. The quantitative estimate of drug-likeness (QED) is 0.790. The molecule has 1 aromatic rings. The Morgan fingerprint density at radius 3 is 2.25 bits per heavy atom. The SMILES string of the molecule is CCC(C)(NC(=O)COc1ccc(OC)cc1)C(=O)O. The standard InChI is InChI=1S/C14H19NO5/c1-4-14(2,13(17)18)15-12(16)9-20-11-7-5-10(19-3)6-8-11/h5-8H,4,9H2,1-3H3,(H,15,16)(H,17,18). The Bertz CT molecular complexity index is 471. The van der Waals surface area contributed by atoms with Gasteiger partial charge in [-0.15, -0.1) is 0 Å². The van der Waals surface area contributed by atoms with E-state index in [1.165, 1.54) is 6.92 Å². The van der Waals surface area contributed by atoms with Crippen LogP contribution in [0.15, 0.2) is 24.3 Å². The Labute approximate surface area is 117 Å². The molecule has 0 spiro atoms. The lowest BCUT2D eigenvalue weighted by Gasteiger charge is -2.24. The van der Waals surface area contributed by atoms with Gasteiger partial charge in [0.15, 0.2) is 6.61 Å². The van der Waals surface area contributed by atoms with Crippen molar-refractivity contribution in [2.45, 2.75) is 25.8 Å². The first-order valence-electron chi connectivity index (χ1n) is 6.22. The normalized spacial score (nSPS) is 13.2. The van der Waals surface area contributed by atoms with Crippen LogP contribution in [0.25, 0.3) is 0 Å². The van der Waals surface area contributed by atoms with E-state index in [4.69, 9.17) is 14.6 Å². The number of hydrogen-bond acceptors (Lipinski definition) is 4. The van der Waals surface area contributed by atoms with Gasteiger partial charge in [0.25, 0.3) is 5.91 Å². The summed E-state index contributed by atoms with van der Waals surface area (Å²) >= 11 is 0. The highest BCUT2D eigenvalue weighted by molar-refractivity contribution is 5.87. The molecule has 0 aliphatic heterocycles. The van der Waals surface area contributed by atoms with Crippen molar-refractivity contribution in [3.8, 4) is 11.5 Å². The lowest BCUT2D eigenvalue weighted by atomic mass is 9.99. The topological polar surface area (TPSA) is 84.9 Å². The van der Waals surface area contributed by atoms with Crippen LogP contribution in [0.4, 0.5) is 0 Å². The van der Waals surface area contributed by atoms with Gasteiger partial charge in [-0.2, -0.15) is 0 Å². The number of methoxy groups -OCH3 is 1.